The molecule has 13 heavy (non-hydrogen) atoms. The maximum atomic E-state index is 12.0. The summed E-state index contributed by atoms with van der Waals surface area (Å²) in [6.07, 6.45) is -1.55. The van der Waals surface area contributed by atoms with Crippen LogP contribution in [-0.2, 0) is 0 Å². The Morgan fingerprint density at radius 2 is 2.00 bits per heavy atom. The van der Waals surface area contributed by atoms with Gasteiger partial charge in [-0.1, -0.05) is 6.42 Å². The maximum Gasteiger partial charge on any atom is 0.401 e. The Kier molecular flexibility index (Phi) is 3.18. The van der Waals surface area contributed by atoms with E-state index in [1.54, 1.807) is 0 Å². The number of alkyl halides is 3. The number of likely N-dealkylation sites (N-methyl/N-ethyl adjacent to an activating group) is 1. The fourth-order valence-corrected chi connectivity index (χ4v) is 1.92. The van der Waals surface area contributed by atoms with Crippen molar-refractivity contribution in [2.75, 3.05) is 13.6 Å². The van der Waals surface area contributed by atoms with Crippen molar-refractivity contribution in [1.82, 2.24) is 4.90 Å². The van der Waals surface area contributed by atoms with Crippen LogP contribution in [0.3, 0.4) is 0 Å². The zero-order valence-electron chi connectivity index (χ0n) is 7.64. The number of nitrogens with two attached hydrogens (primary N) is 1. The molecule has 0 aromatic heterocycles. The number of rotatable bonds is 2. The lowest BCUT2D eigenvalue weighted by molar-refractivity contribution is -0.147. The molecule has 0 bridgehead atoms. The zero-order valence-corrected chi connectivity index (χ0v) is 7.64. The molecule has 0 aromatic rings. The van der Waals surface area contributed by atoms with E-state index in [4.69, 9.17) is 5.73 Å². The van der Waals surface area contributed by atoms with Crippen molar-refractivity contribution in [3.05, 3.63) is 0 Å². The second-order valence-corrected chi connectivity index (χ2v) is 3.69. The van der Waals surface area contributed by atoms with Gasteiger partial charge in [0.1, 0.15) is 0 Å². The lowest BCUT2D eigenvalue weighted by Crippen LogP contribution is -2.45. The maximum absolute atomic E-state index is 12.0. The van der Waals surface area contributed by atoms with E-state index >= 15 is 0 Å². The van der Waals surface area contributed by atoms with Gasteiger partial charge in [-0.2, -0.15) is 13.2 Å². The molecule has 1 aliphatic rings. The van der Waals surface area contributed by atoms with Crippen LogP contribution in [0, 0.1) is 0 Å². The van der Waals surface area contributed by atoms with Crippen molar-refractivity contribution in [2.45, 2.75) is 37.5 Å². The summed E-state index contributed by atoms with van der Waals surface area (Å²) >= 11 is 0. The van der Waals surface area contributed by atoms with Gasteiger partial charge in [-0.15, -0.1) is 0 Å². The highest BCUT2D eigenvalue weighted by atomic mass is 19.4. The molecule has 78 valence electrons. The average Bonchev–Trinajstić information content (AvgIpc) is 2.30. The van der Waals surface area contributed by atoms with Crippen molar-refractivity contribution in [1.29, 1.82) is 0 Å². The number of nitrogens with zero attached hydrogens (tertiary/aromatic N) is 1. The molecule has 0 radical (unpaired) electrons. The van der Waals surface area contributed by atoms with Gasteiger partial charge in [0.25, 0.3) is 0 Å². The SMILES string of the molecule is CN(CC(F)(F)F)C1CCCC1N. The monoisotopic (exact) mass is 196 g/mol. The molecule has 2 nitrogen and oxygen atoms in total. The number of hydrogen-bond acceptors (Lipinski definition) is 2. The van der Waals surface area contributed by atoms with Crippen molar-refractivity contribution < 1.29 is 13.2 Å². The third-order valence-electron chi connectivity index (χ3n) is 2.53. The first-order valence-corrected chi connectivity index (χ1v) is 4.43. The Balaban J connectivity index is 2.43. The van der Waals surface area contributed by atoms with Gasteiger partial charge in [0.2, 0.25) is 0 Å². The smallest absolute Gasteiger partial charge is 0.326 e. The molecule has 1 fully saturated rings. The topological polar surface area (TPSA) is 29.3 Å². The lowest BCUT2D eigenvalue weighted by atomic mass is 10.1. The van der Waals surface area contributed by atoms with Crippen molar-refractivity contribution >= 4 is 0 Å². The van der Waals surface area contributed by atoms with Crippen LogP contribution >= 0.6 is 0 Å². The average molecular weight is 196 g/mol. The molecular formula is C8H15F3N2. The zero-order chi connectivity index (χ0) is 10.1. The van der Waals surface area contributed by atoms with E-state index in [1.807, 2.05) is 0 Å². The molecule has 1 aliphatic carbocycles. The quantitative estimate of drug-likeness (QED) is 0.722. The van der Waals surface area contributed by atoms with E-state index in [2.05, 4.69) is 0 Å². The first-order valence-electron chi connectivity index (χ1n) is 4.43. The van der Waals surface area contributed by atoms with Crippen LogP contribution in [0.4, 0.5) is 13.2 Å². The molecule has 0 heterocycles. The van der Waals surface area contributed by atoms with Gasteiger partial charge >= 0.3 is 6.18 Å². The summed E-state index contributed by atoms with van der Waals surface area (Å²) in [6.45, 7) is -0.856. The summed E-state index contributed by atoms with van der Waals surface area (Å²) < 4.78 is 36.0. The molecule has 2 atom stereocenters. The van der Waals surface area contributed by atoms with E-state index in [-0.39, 0.29) is 12.1 Å². The van der Waals surface area contributed by atoms with Gasteiger partial charge in [0.05, 0.1) is 6.54 Å². The minimum absolute atomic E-state index is 0.0904. The number of halogens is 3. The van der Waals surface area contributed by atoms with Gasteiger partial charge < -0.3 is 5.73 Å². The van der Waals surface area contributed by atoms with Gasteiger partial charge in [-0.05, 0) is 19.9 Å². The minimum atomic E-state index is -4.11. The van der Waals surface area contributed by atoms with Crippen LogP contribution in [0.15, 0.2) is 0 Å². The highest BCUT2D eigenvalue weighted by Gasteiger charge is 2.35. The van der Waals surface area contributed by atoms with E-state index in [0.29, 0.717) is 0 Å². The molecule has 0 aromatic carbocycles. The molecular weight excluding hydrogens is 181 g/mol. The standard InChI is InChI=1S/C8H15F3N2/c1-13(5-8(9,10)11)7-4-2-3-6(7)12/h6-7H,2-5,12H2,1H3. The van der Waals surface area contributed by atoms with Crippen molar-refractivity contribution in [2.24, 2.45) is 5.73 Å². The highest BCUT2D eigenvalue weighted by molar-refractivity contribution is 4.87. The molecule has 0 amide bonds. The molecule has 1 saturated carbocycles. The third kappa shape index (κ3) is 3.15. The normalized spacial score (nSPS) is 30.0. The summed E-state index contributed by atoms with van der Waals surface area (Å²) in [6, 6.07) is -0.186. The van der Waals surface area contributed by atoms with E-state index < -0.39 is 12.7 Å². The van der Waals surface area contributed by atoms with Crippen molar-refractivity contribution in [3.8, 4) is 0 Å². The van der Waals surface area contributed by atoms with Crippen LogP contribution < -0.4 is 5.73 Å². The Bertz CT molecular complexity index is 169. The third-order valence-corrected chi connectivity index (χ3v) is 2.53. The van der Waals surface area contributed by atoms with Crippen molar-refractivity contribution in [3.63, 3.8) is 0 Å². The number of hydrogen-bond donors (Lipinski definition) is 1. The Hall–Kier alpha value is -0.290. The Morgan fingerprint density at radius 3 is 2.38 bits per heavy atom. The van der Waals surface area contributed by atoms with E-state index in [9.17, 15) is 13.2 Å². The molecule has 0 spiro atoms. The molecule has 0 aliphatic heterocycles. The molecule has 5 heteroatoms. The predicted octanol–water partition coefficient (Wildman–Crippen LogP) is 1.36. The predicted molar refractivity (Wildman–Crippen MR) is 44.3 cm³/mol. The summed E-state index contributed by atoms with van der Waals surface area (Å²) in [5, 5.41) is 0. The second kappa shape index (κ2) is 3.84. The first kappa shape index (κ1) is 10.8. The van der Waals surface area contributed by atoms with Gasteiger partial charge in [-0.25, -0.2) is 0 Å². The summed E-state index contributed by atoms with van der Waals surface area (Å²) in [5.74, 6) is 0. The molecule has 2 N–H and O–H groups in total. The first-order chi connectivity index (χ1) is 5.90. The Morgan fingerprint density at radius 1 is 1.38 bits per heavy atom. The Labute approximate surface area is 75.9 Å². The van der Waals surface area contributed by atoms with Crippen LogP contribution in [0.25, 0.3) is 0 Å². The fraction of sp³-hybridized carbons (Fsp3) is 1.00. The largest absolute Gasteiger partial charge is 0.401 e. The summed E-state index contributed by atoms with van der Waals surface area (Å²) in [5.41, 5.74) is 5.69. The minimum Gasteiger partial charge on any atom is -0.326 e. The van der Waals surface area contributed by atoms with Crippen LogP contribution in [0.1, 0.15) is 19.3 Å². The van der Waals surface area contributed by atoms with Gasteiger partial charge in [0, 0.05) is 12.1 Å². The van der Waals surface area contributed by atoms with Gasteiger partial charge in [0.15, 0.2) is 0 Å². The highest BCUT2D eigenvalue weighted by Crippen LogP contribution is 2.25. The summed E-state index contributed by atoms with van der Waals surface area (Å²) in [7, 11) is 1.49. The fourth-order valence-electron chi connectivity index (χ4n) is 1.92. The molecule has 0 saturated heterocycles. The molecule has 2 unspecified atom stereocenters. The van der Waals surface area contributed by atoms with Crippen LogP contribution in [0.5, 0.6) is 0 Å². The second-order valence-electron chi connectivity index (χ2n) is 3.69. The molecule has 1 rings (SSSR count). The van der Waals surface area contributed by atoms with E-state index in [0.717, 1.165) is 19.3 Å². The van der Waals surface area contributed by atoms with E-state index in [1.165, 1.54) is 11.9 Å². The van der Waals surface area contributed by atoms with Gasteiger partial charge in [-0.3, -0.25) is 4.90 Å². The summed E-state index contributed by atoms with van der Waals surface area (Å²) in [4.78, 5) is 1.32. The van der Waals surface area contributed by atoms with Crippen LogP contribution in [-0.4, -0.2) is 36.8 Å². The van der Waals surface area contributed by atoms with Crippen LogP contribution in [0.2, 0.25) is 0 Å². The lowest BCUT2D eigenvalue weighted by Gasteiger charge is -2.28.